The molecule has 0 atom stereocenters. The molecule has 1 aromatic carbocycles. The van der Waals surface area contributed by atoms with Crippen LogP contribution in [-0.2, 0) is 0 Å². The van der Waals surface area contributed by atoms with Gasteiger partial charge in [-0.25, -0.2) is 4.98 Å². The molecule has 0 aliphatic heterocycles. The summed E-state index contributed by atoms with van der Waals surface area (Å²) in [5, 5.41) is 9.46. The SMILES string of the molecule is COc1cc(-c2ccc(O)c(OC(F)(F)F)c2)c(N)nc1C. The van der Waals surface area contributed by atoms with Gasteiger partial charge in [-0.1, -0.05) is 6.07 Å². The van der Waals surface area contributed by atoms with Gasteiger partial charge in [0.1, 0.15) is 11.6 Å². The van der Waals surface area contributed by atoms with Gasteiger partial charge in [-0.3, -0.25) is 0 Å². The van der Waals surface area contributed by atoms with Crippen LogP contribution in [0.1, 0.15) is 5.69 Å². The second-order valence-corrected chi connectivity index (χ2v) is 4.44. The molecule has 0 aliphatic carbocycles. The summed E-state index contributed by atoms with van der Waals surface area (Å²) in [4.78, 5) is 4.07. The Kier molecular flexibility index (Phi) is 4.03. The maximum Gasteiger partial charge on any atom is 0.573 e. The van der Waals surface area contributed by atoms with Gasteiger partial charge in [0.2, 0.25) is 0 Å². The lowest BCUT2D eigenvalue weighted by molar-refractivity contribution is -0.275. The van der Waals surface area contributed by atoms with Crippen molar-refractivity contribution in [1.82, 2.24) is 4.98 Å². The molecule has 0 saturated heterocycles. The average molecular weight is 314 g/mol. The number of anilines is 1. The number of ether oxygens (including phenoxy) is 2. The lowest BCUT2D eigenvalue weighted by Crippen LogP contribution is -2.17. The molecule has 0 fully saturated rings. The molecular weight excluding hydrogens is 301 g/mol. The summed E-state index contributed by atoms with van der Waals surface area (Å²) < 4.78 is 45.8. The van der Waals surface area contributed by atoms with Crippen LogP contribution in [0.2, 0.25) is 0 Å². The van der Waals surface area contributed by atoms with Crippen LogP contribution in [0, 0.1) is 6.92 Å². The highest BCUT2D eigenvalue weighted by Gasteiger charge is 2.32. The minimum atomic E-state index is -4.91. The zero-order valence-electron chi connectivity index (χ0n) is 11.7. The van der Waals surface area contributed by atoms with Gasteiger partial charge in [-0.15, -0.1) is 13.2 Å². The van der Waals surface area contributed by atoms with E-state index in [-0.39, 0.29) is 5.82 Å². The molecule has 0 unspecified atom stereocenters. The molecule has 0 spiro atoms. The fourth-order valence-corrected chi connectivity index (χ4v) is 1.93. The van der Waals surface area contributed by atoms with Crippen molar-refractivity contribution in [1.29, 1.82) is 0 Å². The van der Waals surface area contributed by atoms with Crippen molar-refractivity contribution in [2.24, 2.45) is 0 Å². The number of phenolic OH excluding ortho intramolecular Hbond substituents is 1. The number of phenols is 1. The number of nitrogens with zero attached hydrogens (tertiary/aromatic N) is 1. The minimum Gasteiger partial charge on any atom is -0.504 e. The first kappa shape index (κ1) is 15.7. The van der Waals surface area contributed by atoms with Crippen molar-refractivity contribution in [2.75, 3.05) is 12.8 Å². The van der Waals surface area contributed by atoms with Gasteiger partial charge >= 0.3 is 6.36 Å². The Hall–Kier alpha value is -2.64. The van der Waals surface area contributed by atoms with E-state index in [1.54, 1.807) is 13.0 Å². The summed E-state index contributed by atoms with van der Waals surface area (Å²) in [5.41, 5.74) is 7.03. The van der Waals surface area contributed by atoms with Gasteiger partial charge in [0.05, 0.1) is 12.8 Å². The van der Waals surface area contributed by atoms with E-state index in [9.17, 15) is 18.3 Å². The molecule has 5 nitrogen and oxygen atoms in total. The number of nitrogen functional groups attached to an aromatic ring is 1. The topological polar surface area (TPSA) is 77.6 Å². The number of rotatable bonds is 3. The number of hydrogen-bond acceptors (Lipinski definition) is 5. The van der Waals surface area contributed by atoms with E-state index in [1.807, 2.05) is 0 Å². The number of benzene rings is 1. The van der Waals surface area contributed by atoms with Crippen LogP contribution in [0.4, 0.5) is 19.0 Å². The van der Waals surface area contributed by atoms with E-state index in [0.717, 1.165) is 12.1 Å². The molecule has 0 bridgehead atoms. The van der Waals surface area contributed by atoms with Gasteiger partial charge in [0, 0.05) is 5.56 Å². The normalized spacial score (nSPS) is 11.3. The number of aromatic hydroxyl groups is 1. The fourth-order valence-electron chi connectivity index (χ4n) is 1.93. The van der Waals surface area contributed by atoms with E-state index in [2.05, 4.69) is 9.72 Å². The number of methoxy groups -OCH3 is 1. The number of nitrogens with two attached hydrogens (primary N) is 1. The Morgan fingerprint density at radius 2 is 1.86 bits per heavy atom. The number of hydrogen-bond donors (Lipinski definition) is 2. The van der Waals surface area contributed by atoms with Crippen LogP contribution in [0.25, 0.3) is 11.1 Å². The number of aryl methyl sites for hydroxylation is 1. The molecule has 8 heteroatoms. The van der Waals surface area contributed by atoms with Gasteiger partial charge in [0.15, 0.2) is 11.5 Å². The number of pyridine rings is 1. The third-order valence-corrected chi connectivity index (χ3v) is 2.91. The number of aromatic nitrogens is 1. The first-order valence-corrected chi connectivity index (χ1v) is 6.11. The van der Waals surface area contributed by atoms with Crippen molar-refractivity contribution in [2.45, 2.75) is 13.3 Å². The van der Waals surface area contributed by atoms with E-state index in [1.165, 1.54) is 13.2 Å². The van der Waals surface area contributed by atoms with Gasteiger partial charge in [-0.2, -0.15) is 0 Å². The van der Waals surface area contributed by atoms with Crippen molar-refractivity contribution < 1.29 is 27.8 Å². The van der Waals surface area contributed by atoms with Crippen LogP contribution < -0.4 is 15.2 Å². The van der Waals surface area contributed by atoms with Crippen LogP contribution in [0.3, 0.4) is 0 Å². The quantitative estimate of drug-likeness (QED) is 0.909. The third kappa shape index (κ3) is 3.33. The number of alkyl halides is 3. The van der Waals surface area contributed by atoms with Crippen molar-refractivity contribution in [3.8, 4) is 28.4 Å². The van der Waals surface area contributed by atoms with E-state index < -0.39 is 17.9 Å². The van der Waals surface area contributed by atoms with E-state index >= 15 is 0 Å². The van der Waals surface area contributed by atoms with Crippen LogP contribution in [0.5, 0.6) is 17.2 Å². The van der Waals surface area contributed by atoms with Crippen LogP contribution in [-0.4, -0.2) is 23.6 Å². The summed E-state index contributed by atoms with van der Waals surface area (Å²) in [6.07, 6.45) is -4.91. The lowest BCUT2D eigenvalue weighted by Gasteiger charge is -2.14. The molecule has 118 valence electrons. The average Bonchev–Trinajstić information content (AvgIpc) is 2.40. The summed E-state index contributed by atoms with van der Waals surface area (Å²) in [6, 6.07) is 5.08. The zero-order chi connectivity index (χ0) is 16.5. The molecule has 2 aromatic rings. The molecule has 1 aromatic heterocycles. The smallest absolute Gasteiger partial charge is 0.504 e. The van der Waals surface area contributed by atoms with E-state index in [0.29, 0.717) is 22.6 Å². The van der Waals surface area contributed by atoms with E-state index in [4.69, 9.17) is 10.5 Å². The van der Waals surface area contributed by atoms with Gasteiger partial charge < -0.3 is 20.3 Å². The highest BCUT2D eigenvalue weighted by Crippen LogP contribution is 2.37. The third-order valence-electron chi connectivity index (χ3n) is 2.91. The molecule has 0 amide bonds. The molecular formula is C14H13F3N2O3. The second kappa shape index (κ2) is 5.63. The van der Waals surface area contributed by atoms with Gasteiger partial charge in [0.25, 0.3) is 0 Å². The van der Waals surface area contributed by atoms with Gasteiger partial charge in [-0.05, 0) is 30.7 Å². The largest absolute Gasteiger partial charge is 0.573 e. The standard InChI is InChI=1S/C14H13F3N2O3/c1-7-11(21-2)6-9(13(18)19-7)8-3-4-10(20)12(5-8)22-14(15,16)17/h3-6,20H,1-2H3,(H2,18,19). The predicted molar refractivity (Wildman–Crippen MR) is 73.7 cm³/mol. The molecule has 3 N–H and O–H groups in total. The molecule has 22 heavy (non-hydrogen) atoms. The fraction of sp³-hybridized carbons (Fsp3) is 0.214. The second-order valence-electron chi connectivity index (χ2n) is 4.44. The summed E-state index contributed by atoms with van der Waals surface area (Å²) >= 11 is 0. The first-order valence-electron chi connectivity index (χ1n) is 6.11. The highest BCUT2D eigenvalue weighted by molar-refractivity contribution is 5.77. The Bertz CT molecular complexity index is 702. The molecule has 1 heterocycles. The molecule has 0 saturated carbocycles. The van der Waals surface area contributed by atoms with Crippen molar-refractivity contribution in [3.63, 3.8) is 0 Å². The van der Waals surface area contributed by atoms with Crippen molar-refractivity contribution >= 4 is 5.82 Å². The maximum atomic E-state index is 12.3. The lowest BCUT2D eigenvalue weighted by atomic mass is 10.0. The summed E-state index contributed by atoms with van der Waals surface area (Å²) in [6.45, 7) is 1.69. The monoisotopic (exact) mass is 314 g/mol. The number of halogens is 3. The highest BCUT2D eigenvalue weighted by atomic mass is 19.4. The Morgan fingerprint density at radius 1 is 1.18 bits per heavy atom. The summed E-state index contributed by atoms with van der Waals surface area (Å²) in [7, 11) is 1.44. The molecule has 0 aliphatic rings. The summed E-state index contributed by atoms with van der Waals surface area (Å²) in [5.74, 6) is -0.784. The molecule has 2 rings (SSSR count). The Labute approximate surface area is 124 Å². The van der Waals surface area contributed by atoms with Crippen LogP contribution in [0.15, 0.2) is 24.3 Å². The van der Waals surface area contributed by atoms with Crippen LogP contribution >= 0.6 is 0 Å². The Morgan fingerprint density at radius 3 is 2.45 bits per heavy atom. The first-order chi connectivity index (χ1) is 10.2. The minimum absolute atomic E-state index is 0.127. The maximum absolute atomic E-state index is 12.3. The Balaban J connectivity index is 2.52. The predicted octanol–water partition coefficient (Wildman–Crippen LogP) is 3.25. The molecule has 0 radical (unpaired) electrons. The van der Waals surface area contributed by atoms with Crippen molar-refractivity contribution in [3.05, 3.63) is 30.0 Å². The zero-order valence-corrected chi connectivity index (χ0v) is 11.7.